The Labute approximate surface area is 134 Å². The number of Topliss-reactive ketones (excluding diaryl/α,β-unsaturated/α-hetero) is 1. The Bertz CT molecular complexity index is 630. The Balaban J connectivity index is 2.77. The summed E-state index contributed by atoms with van der Waals surface area (Å²) >= 11 is 0. The van der Waals surface area contributed by atoms with Crippen molar-refractivity contribution in [3.05, 3.63) is 34.2 Å². The fraction of sp³-hybridized carbons (Fsp3) is 0.467. The molecule has 0 fully saturated rings. The SMILES string of the molecule is COc1cc(OCC(=O)OC(C)(C)C)ccc1C(=O)CN=[N+]=[N-]. The van der Waals surface area contributed by atoms with Gasteiger partial charge in [0, 0.05) is 11.0 Å². The van der Waals surface area contributed by atoms with Gasteiger partial charge in [0.05, 0.1) is 19.2 Å². The minimum absolute atomic E-state index is 0.257. The summed E-state index contributed by atoms with van der Waals surface area (Å²) in [6.07, 6.45) is 0. The fourth-order valence-electron chi connectivity index (χ4n) is 1.69. The van der Waals surface area contributed by atoms with E-state index in [-0.39, 0.29) is 30.2 Å². The topological polar surface area (TPSA) is 111 Å². The third-order valence-corrected chi connectivity index (χ3v) is 2.53. The zero-order chi connectivity index (χ0) is 17.5. The van der Waals surface area contributed by atoms with Gasteiger partial charge in [-0.25, -0.2) is 4.79 Å². The van der Waals surface area contributed by atoms with E-state index in [1.165, 1.54) is 25.3 Å². The lowest BCUT2D eigenvalue weighted by Crippen LogP contribution is -2.27. The van der Waals surface area contributed by atoms with Crippen LogP contribution in [-0.4, -0.2) is 37.6 Å². The highest BCUT2D eigenvalue weighted by atomic mass is 16.6. The molecule has 0 saturated carbocycles. The average Bonchev–Trinajstić information content (AvgIpc) is 2.48. The molecule has 0 aliphatic carbocycles. The fourth-order valence-corrected chi connectivity index (χ4v) is 1.69. The number of carbonyl (C=O) groups excluding carboxylic acids is 2. The van der Waals surface area contributed by atoms with E-state index in [0.29, 0.717) is 5.75 Å². The zero-order valence-electron chi connectivity index (χ0n) is 13.5. The lowest BCUT2D eigenvalue weighted by molar-refractivity contribution is -0.157. The molecule has 8 heteroatoms. The molecule has 0 N–H and O–H groups in total. The Morgan fingerprint density at radius 2 is 2.00 bits per heavy atom. The van der Waals surface area contributed by atoms with Crippen LogP contribution in [0.15, 0.2) is 23.3 Å². The highest BCUT2D eigenvalue weighted by molar-refractivity contribution is 6.00. The monoisotopic (exact) mass is 321 g/mol. The predicted octanol–water partition coefficient (Wildman–Crippen LogP) is 2.91. The molecule has 8 nitrogen and oxygen atoms in total. The van der Waals surface area contributed by atoms with E-state index in [0.717, 1.165) is 0 Å². The van der Waals surface area contributed by atoms with Crippen LogP contribution < -0.4 is 9.47 Å². The van der Waals surface area contributed by atoms with Crippen molar-refractivity contribution in [1.29, 1.82) is 0 Å². The summed E-state index contributed by atoms with van der Waals surface area (Å²) in [5, 5.41) is 3.22. The van der Waals surface area contributed by atoms with Crippen molar-refractivity contribution < 1.29 is 23.8 Å². The van der Waals surface area contributed by atoms with Crippen LogP contribution in [-0.2, 0) is 9.53 Å². The van der Waals surface area contributed by atoms with E-state index in [4.69, 9.17) is 19.7 Å². The molecule has 1 aromatic rings. The van der Waals surface area contributed by atoms with Crippen LogP contribution in [0.5, 0.6) is 11.5 Å². The Morgan fingerprint density at radius 3 is 2.57 bits per heavy atom. The first-order valence-electron chi connectivity index (χ1n) is 6.83. The number of carbonyl (C=O) groups is 2. The van der Waals surface area contributed by atoms with Crippen LogP contribution >= 0.6 is 0 Å². The molecule has 0 aliphatic rings. The van der Waals surface area contributed by atoms with Crippen molar-refractivity contribution in [2.24, 2.45) is 5.11 Å². The third-order valence-electron chi connectivity index (χ3n) is 2.53. The van der Waals surface area contributed by atoms with Crippen molar-refractivity contribution in [1.82, 2.24) is 0 Å². The van der Waals surface area contributed by atoms with E-state index < -0.39 is 11.6 Å². The van der Waals surface area contributed by atoms with Crippen molar-refractivity contribution >= 4 is 11.8 Å². The van der Waals surface area contributed by atoms with E-state index in [1.807, 2.05) is 0 Å². The van der Waals surface area contributed by atoms with E-state index in [1.54, 1.807) is 20.8 Å². The number of hydrogen-bond acceptors (Lipinski definition) is 6. The molecular weight excluding hydrogens is 302 g/mol. The lowest BCUT2D eigenvalue weighted by Gasteiger charge is -2.19. The normalized spacial score (nSPS) is 10.4. The van der Waals surface area contributed by atoms with E-state index in [9.17, 15) is 9.59 Å². The standard InChI is InChI=1S/C15H19N3O5/c1-15(2,3)23-14(20)9-22-10-5-6-11(13(7-10)21-4)12(19)8-17-18-16/h5-7H,8-9H2,1-4H3. The van der Waals surface area contributed by atoms with Crippen LogP contribution in [0, 0.1) is 0 Å². The second-order valence-corrected chi connectivity index (χ2v) is 5.55. The van der Waals surface area contributed by atoms with Gasteiger partial charge in [-0.3, -0.25) is 4.79 Å². The van der Waals surface area contributed by atoms with Gasteiger partial charge in [0.2, 0.25) is 0 Å². The molecule has 0 saturated heterocycles. The maximum Gasteiger partial charge on any atom is 0.344 e. The van der Waals surface area contributed by atoms with Gasteiger partial charge in [0.1, 0.15) is 17.1 Å². The maximum atomic E-state index is 11.9. The van der Waals surface area contributed by atoms with Gasteiger partial charge in [-0.2, -0.15) is 0 Å². The molecule has 0 heterocycles. The summed E-state index contributed by atoms with van der Waals surface area (Å²) in [6.45, 7) is 4.73. The number of hydrogen-bond donors (Lipinski definition) is 0. The molecule has 0 radical (unpaired) electrons. The van der Waals surface area contributed by atoms with Gasteiger partial charge in [-0.1, -0.05) is 5.11 Å². The van der Waals surface area contributed by atoms with Crippen molar-refractivity contribution in [3.63, 3.8) is 0 Å². The molecule has 124 valence electrons. The Hall–Kier alpha value is -2.73. The van der Waals surface area contributed by atoms with Crippen LogP contribution in [0.2, 0.25) is 0 Å². The molecule has 0 unspecified atom stereocenters. The number of rotatable bonds is 7. The minimum atomic E-state index is -0.588. The second-order valence-electron chi connectivity index (χ2n) is 5.55. The molecule has 0 atom stereocenters. The molecule has 0 bridgehead atoms. The summed E-state index contributed by atoms with van der Waals surface area (Å²) in [7, 11) is 1.40. The summed E-state index contributed by atoms with van der Waals surface area (Å²) in [6, 6.07) is 4.49. The van der Waals surface area contributed by atoms with Gasteiger partial charge in [0.15, 0.2) is 12.4 Å². The molecule has 23 heavy (non-hydrogen) atoms. The van der Waals surface area contributed by atoms with Crippen LogP contribution in [0.3, 0.4) is 0 Å². The first-order valence-corrected chi connectivity index (χ1v) is 6.83. The van der Waals surface area contributed by atoms with Gasteiger partial charge >= 0.3 is 5.97 Å². The smallest absolute Gasteiger partial charge is 0.344 e. The quantitative estimate of drug-likeness (QED) is 0.252. The van der Waals surface area contributed by atoms with Gasteiger partial charge in [0.25, 0.3) is 0 Å². The Morgan fingerprint density at radius 1 is 1.30 bits per heavy atom. The lowest BCUT2D eigenvalue weighted by atomic mass is 10.1. The van der Waals surface area contributed by atoms with Crippen molar-refractivity contribution in [2.75, 3.05) is 20.3 Å². The van der Waals surface area contributed by atoms with Crippen molar-refractivity contribution in [2.45, 2.75) is 26.4 Å². The summed E-state index contributed by atoms with van der Waals surface area (Å²) in [5.41, 5.74) is 7.93. The second kappa shape index (κ2) is 8.05. The number of azide groups is 1. The van der Waals surface area contributed by atoms with E-state index in [2.05, 4.69) is 10.0 Å². The molecule has 0 aromatic heterocycles. The van der Waals surface area contributed by atoms with Crippen molar-refractivity contribution in [3.8, 4) is 11.5 Å². The zero-order valence-corrected chi connectivity index (χ0v) is 13.5. The highest BCUT2D eigenvalue weighted by Gasteiger charge is 2.17. The molecule has 0 aliphatic heterocycles. The van der Waals surface area contributed by atoms with E-state index >= 15 is 0 Å². The number of nitrogens with zero attached hydrogens (tertiary/aromatic N) is 3. The number of ether oxygens (including phenoxy) is 3. The first kappa shape index (κ1) is 18.3. The summed E-state index contributed by atoms with van der Waals surface area (Å²) in [5.74, 6) is -0.254. The van der Waals surface area contributed by atoms with Crippen LogP contribution in [0.1, 0.15) is 31.1 Å². The largest absolute Gasteiger partial charge is 0.496 e. The third kappa shape index (κ3) is 6.27. The number of esters is 1. The van der Waals surface area contributed by atoms with Crippen LogP contribution in [0.25, 0.3) is 10.4 Å². The van der Waals surface area contributed by atoms with Gasteiger partial charge < -0.3 is 14.2 Å². The molecular formula is C15H19N3O5. The van der Waals surface area contributed by atoms with Gasteiger partial charge in [-0.05, 0) is 38.4 Å². The predicted molar refractivity (Wildman–Crippen MR) is 82.7 cm³/mol. The summed E-state index contributed by atoms with van der Waals surface area (Å²) < 4.78 is 15.6. The number of methoxy groups -OCH3 is 1. The maximum absolute atomic E-state index is 11.9. The molecule has 0 spiro atoms. The molecule has 1 rings (SSSR count). The Kier molecular flexibility index (Phi) is 6.41. The molecule has 0 amide bonds. The number of ketones is 1. The number of benzene rings is 1. The minimum Gasteiger partial charge on any atom is -0.496 e. The molecule has 1 aromatic carbocycles. The van der Waals surface area contributed by atoms with Crippen LogP contribution in [0.4, 0.5) is 0 Å². The first-order chi connectivity index (χ1) is 10.8. The highest BCUT2D eigenvalue weighted by Crippen LogP contribution is 2.25. The van der Waals surface area contributed by atoms with Gasteiger partial charge in [-0.15, -0.1) is 0 Å². The average molecular weight is 321 g/mol. The summed E-state index contributed by atoms with van der Waals surface area (Å²) in [4.78, 5) is 26.0.